The van der Waals surface area contributed by atoms with E-state index in [-0.39, 0.29) is 10.8 Å². The molecule has 0 radical (unpaired) electrons. The predicted molar refractivity (Wildman–Crippen MR) is 112 cm³/mol. The first-order chi connectivity index (χ1) is 13.9. The Morgan fingerprint density at radius 2 is 1.83 bits per heavy atom. The van der Waals surface area contributed by atoms with Crippen LogP contribution in [0.3, 0.4) is 0 Å². The van der Waals surface area contributed by atoms with Crippen LogP contribution in [0, 0.1) is 0 Å². The number of nitrogens with zero attached hydrogens (tertiary/aromatic N) is 2. The molecule has 2 aromatic carbocycles. The normalized spacial score (nSPS) is 11.1. The number of carbonyl (C=O) groups excluding carboxylic acids is 1. The minimum absolute atomic E-state index is 0.0288. The van der Waals surface area contributed by atoms with Gasteiger partial charge in [-0.2, -0.15) is 0 Å². The van der Waals surface area contributed by atoms with Crippen LogP contribution >= 0.6 is 11.3 Å². The Kier molecular flexibility index (Phi) is 6.45. The second kappa shape index (κ2) is 9.01. The van der Waals surface area contributed by atoms with Gasteiger partial charge in [-0.15, -0.1) is 10.2 Å². The third-order valence-electron chi connectivity index (χ3n) is 3.93. The maximum atomic E-state index is 12.6. The van der Waals surface area contributed by atoms with Crippen molar-refractivity contribution in [1.29, 1.82) is 0 Å². The summed E-state index contributed by atoms with van der Waals surface area (Å²) in [5.41, 5.74) is 0.643. The first kappa shape index (κ1) is 20.7. The zero-order chi connectivity index (χ0) is 20.9. The van der Waals surface area contributed by atoms with Gasteiger partial charge >= 0.3 is 0 Å². The fourth-order valence-electron chi connectivity index (χ4n) is 2.51. The smallest absolute Gasteiger partial charge is 0.262 e. The summed E-state index contributed by atoms with van der Waals surface area (Å²) in [5.74, 6) is 0.0254. The van der Waals surface area contributed by atoms with E-state index in [1.807, 2.05) is 6.92 Å². The lowest BCUT2D eigenvalue weighted by Gasteiger charge is -2.11. The number of benzene rings is 2. The SMILES string of the molecule is CCCc1nnc(NC(=O)c2ccc(S(=O)(=O)Nc3ccccc3OC)cc2)s1. The first-order valence-electron chi connectivity index (χ1n) is 8.82. The summed E-state index contributed by atoms with van der Waals surface area (Å²) in [6.07, 6.45) is 1.75. The summed E-state index contributed by atoms with van der Waals surface area (Å²) in [6.45, 7) is 2.04. The lowest BCUT2D eigenvalue weighted by Crippen LogP contribution is -2.15. The molecule has 0 unspecified atom stereocenters. The van der Waals surface area contributed by atoms with Crippen LogP contribution in [0.25, 0.3) is 0 Å². The van der Waals surface area contributed by atoms with E-state index in [1.165, 1.54) is 42.7 Å². The van der Waals surface area contributed by atoms with Crippen molar-refractivity contribution in [3.63, 3.8) is 0 Å². The monoisotopic (exact) mass is 432 g/mol. The van der Waals surface area contributed by atoms with Gasteiger partial charge in [0.2, 0.25) is 5.13 Å². The standard InChI is InChI=1S/C19H20N4O4S2/c1-3-6-17-21-22-19(28-17)20-18(24)13-9-11-14(12-10-13)29(25,26)23-15-7-4-5-8-16(15)27-2/h4-5,7-12,23H,3,6H2,1-2H3,(H,20,22,24). The number of nitrogens with one attached hydrogen (secondary N) is 2. The summed E-state index contributed by atoms with van der Waals surface area (Å²) in [7, 11) is -2.37. The fourth-order valence-corrected chi connectivity index (χ4v) is 4.41. The zero-order valence-corrected chi connectivity index (χ0v) is 17.5. The van der Waals surface area contributed by atoms with E-state index in [9.17, 15) is 13.2 Å². The van der Waals surface area contributed by atoms with Gasteiger partial charge in [0.1, 0.15) is 10.8 Å². The average molecular weight is 433 g/mol. The van der Waals surface area contributed by atoms with Crippen LogP contribution in [0.15, 0.2) is 53.4 Å². The Balaban J connectivity index is 1.72. The number of hydrogen-bond donors (Lipinski definition) is 2. The van der Waals surface area contributed by atoms with E-state index < -0.39 is 10.0 Å². The van der Waals surface area contributed by atoms with Crippen molar-refractivity contribution < 1.29 is 17.9 Å². The molecular formula is C19H20N4O4S2. The van der Waals surface area contributed by atoms with Gasteiger partial charge in [0.15, 0.2) is 0 Å². The second-order valence-electron chi connectivity index (χ2n) is 6.04. The minimum Gasteiger partial charge on any atom is -0.495 e. The molecule has 1 amide bonds. The number of hydrogen-bond acceptors (Lipinski definition) is 7. The Morgan fingerprint density at radius 1 is 1.10 bits per heavy atom. The van der Waals surface area contributed by atoms with Crippen LogP contribution in [0.1, 0.15) is 28.7 Å². The fraction of sp³-hybridized carbons (Fsp3) is 0.211. The molecule has 0 spiro atoms. The number of rotatable bonds is 8. The van der Waals surface area contributed by atoms with Crippen molar-refractivity contribution in [1.82, 2.24) is 10.2 Å². The molecule has 0 saturated heterocycles. The van der Waals surface area contributed by atoms with E-state index in [4.69, 9.17) is 4.74 Å². The van der Waals surface area contributed by atoms with E-state index in [1.54, 1.807) is 24.3 Å². The van der Waals surface area contributed by atoms with Crippen LogP contribution < -0.4 is 14.8 Å². The lowest BCUT2D eigenvalue weighted by atomic mass is 10.2. The third kappa shape index (κ3) is 5.09. The highest BCUT2D eigenvalue weighted by Gasteiger charge is 2.17. The molecule has 0 aliphatic rings. The summed E-state index contributed by atoms with van der Waals surface area (Å²) in [5, 5.41) is 11.9. The topological polar surface area (TPSA) is 110 Å². The molecule has 0 fully saturated rings. The Labute approximate surface area is 173 Å². The molecule has 0 aliphatic carbocycles. The predicted octanol–water partition coefficient (Wildman–Crippen LogP) is 3.55. The minimum atomic E-state index is -3.83. The summed E-state index contributed by atoms with van der Waals surface area (Å²) in [6, 6.07) is 12.3. The van der Waals surface area contributed by atoms with Gasteiger partial charge < -0.3 is 4.74 Å². The molecule has 0 aliphatic heterocycles. The molecular weight excluding hydrogens is 412 g/mol. The number of amides is 1. The highest BCUT2D eigenvalue weighted by Crippen LogP contribution is 2.26. The van der Waals surface area contributed by atoms with Gasteiger partial charge in [0.25, 0.3) is 15.9 Å². The number of aromatic nitrogens is 2. The number of methoxy groups -OCH3 is 1. The molecule has 8 nitrogen and oxygen atoms in total. The number of ether oxygens (including phenoxy) is 1. The Hall–Kier alpha value is -2.98. The number of aryl methyl sites for hydroxylation is 1. The van der Waals surface area contributed by atoms with Crippen molar-refractivity contribution in [2.75, 3.05) is 17.1 Å². The summed E-state index contributed by atoms with van der Waals surface area (Å²) in [4.78, 5) is 12.4. The summed E-state index contributed by atoms with van der Waals surface area (Å²) < 4.78 is 32.9. The highest BCUT2D eigenvalue weighted by molar-refractivity contribution is 7.92. The third-order valence-corrected chi connectivity index (χ3v) is 6.21. The largest absolute Gasteiger partial charge is 0.495 e. The van der Waals surface area contributed by atoms with Gasteiger partial charge in [0, 0.05) is 12.0 Å². The Bertz CT molecular complexity index is 1100. The molecule has 152 valence electrons. The van der Waals surface area contributed by atoms with E-state index in [0.717, 1.165) is 17.8 Å². The van der Waals surface area contributed by atoms with Crippen LogP contribution in [-0.2, 0) is 16.4 Å². The summed E-state index contributed by atoms with van der Waals surface area (Å²) >= 11 is 1.32. The van der Waals surface area contributed by atoms with Crippen molar-refractivity contribution in [3.05, 3.63) is 59.1 Å². The molecule has 0 atom stereocenters. The van der Waals surface area contributed by atoms with Crippen LogP contribution in [0.5, 0.6) is 5.75 Å². The number of anilines is 2. The van der Waals surface area contributed by atoms with Crippen molar-refractivity contribution >= 4 is 38.1 Å². The molecule has 2 N–H and O–H groups in total. The number of carbonyl (C=O) groups is 1. The van der Waals surface area contributed by atoms with Crippen LogP contribution in [0.4, 0.5) is 10.8 Å². The van der Waals surface area contributed by atoms with Crippen LogP contribution in [-0.4, -0.2) is 31.6 Å². The van der Waals surface area contributed by atoms with Crippen molar-refractivity contribution in [2.45, 2.75) is 24.7 Å². The quantitative estimate of drug-likeness (QED) is 0.563. The van der Waals surface area contributed by atoms with Gasteiger partial charge in [-0.25, -0.2) is 8.42 Å². The Morgan fingerprint density at radius 3 is 2.52 bits per heavy atom. The molecule has 3 aromatic rings. The van der Waals surface area contributed by atoms with Gasteiger partial charge in [-0.3, -0.25) is 14.8 Å². The maximum Gasteiger partial charge on any atom is 0.262 e. The van der Waals surface area contributed by atoms with Crippen LogP contribution in [0.2, 0.25) is 0 Å². The van der Waals surface area contributed by atoms with Crippen molar-refractivity contribution in [2.24, 2.45) is 0 Å². The molecule has 29 heavy (non-hydrogen) atoms. The average Bonchev–Trinajstić information content (AvgIpc) is 3.15. The molecule has 0 saturated carbocycles. The first-order valence-corrected chi connectivity index (χ1v) is 11.1. The number of sulfonamides is 1. The molecule has 3 rings (SSSR count). The van der Waals surface area contributed by atoms with Crippen molar-refractivity contribution in [3.8, 4) is 5.75 Å². The zero-order valence-electron chi connectivity index (χ0n) is 15.9. The highest BCUT2D eigenvalue weighted by atomic mass is 32.2. The molecule has 1 heterocycles. The number of para-hydroxylation sites is 2. The van der Waals surface area contributed by atoms with E-state index in [0.29, 0.717) is 22.1 Å². The lowest BCUT2D eigenvalue weighted by molar-refractivity contribution is 0.102. The second-order valence-corrected chi connectivity index (χ2v) is 8.78. The molecule has 10 heteroatoms. The molecule has 0 bridgehead atoms. The maximum absolute atomic E-state index is 12.6. The van der Waals surface area contributed by atoms with Gasteiger partial charge in [-0.05, 0) is 42.8 Å². The van der Waals surface area contributed by atoms with Gasteiger partial charge in [0.05, 0.1) is 17.7 Å². The van der Waals surface area contributed by atoms with Gasteiger partial charge in [-0.1, -0.05) is 30.4 Å². The van der Waals surface area contributed by atoms with E-state index in [2.05, 4.69) is 20.2 Å². The molecule has 1 aromatic heterocycles. The van der Waals surface area contributed by atoms with E-state index >= 15 is 0 Å².